The molecule has 1 aromatic carbocycles. The van der Waals surface area contributed by atoms with Crippen LogP contribution in [0.5, 0.6) is 0 Å². The third kappa shape index (κ3) is 3.91. The molecule has 1 aromatic rings. The third-order valence-corrected chi connectivity index (χ3v) is 6.30. The molecule has 0 unspecified atom stereocenters. The number of amides is 1. The molecule has 1 amide bonds. The standard InChI is InChI=1S/C16H25N3O3S/c1-4-19(5-2)23(21,22)15-8-6-14(7-9-15)16(20)18-12-10-17(3)11-13-18/h6-9H,4-5,10-13H2,1-3H3. The van der Waals surface area contributed by atoms with Crippen LogP contribution < -0.4 is 0 Å². The lowest BCUT2D eigenvalue weighted by molar-refractivity contribution is 0.0664. The number of sulfonamides is 1. The highest BCUT2D eigenvalue weighted by atomic mass is 32.2. The molecule has 0 N–H and O–H groups in total. The Bertz CT molecular complexity index is 631. The van der Waals surface area contributed by atoms with Gasteiger partial charge in [0.05, 0.1) is 4.90 Å². The van der Waals surface area contributed by atoms with Crippen molar-refractivity contribution in [1.82, 2.24) is 14.1 Å². The molecule has 0 atom stereocenters. The molecule has 1 fully saturated rings. The Balaban J connectivity index is 2.15. The molecule has 6 nitrogen and oxygen atoms in total. The first-order chi connectivity index (χ1) is 10.9. The normalized spacial score (nSPS) is 16.8. The van der Waals surface area contributed by atoms with Gasteiger partial charge in [0.1, 0.15) is 0 Å². The lowest BCUT2D eigenvalue weighted by Crippen LogP contribution is -2.47. The number of hydrogen-bond acceptors (Lipinski definition) is 4. The lowest BCUT2D eigenvalue weighted by atomic mass is 10.2. The molecule has 23 heavy (non-hydrogen) atoms. The first-order valence-electron chi connectivity index (χ1n) is 7.98. The van der Waals surface area contributed by atoms with Crippen molar-refractivity contribution in [3.05, 3.63) is 29.8 Å². The molecule has 1 heterocycles. The van der Waals surface area contributed by atoms with Crippen LogP contribution in [0.3, 0.4) is 0 Å². The van der Waals surface area contributed by atoms with Gasteiger partial charge in [0, 0.05) is 44.8 Å². The van der Waals surface area contributed by atoms with E-state index in [0.29, 0.717) is 31.7 Å². The largest absolute Gasteiger partial charge is 0.336 e. The summed E-state index contributed by atoms with van der Waals surface area (Å²) in [5, 5.41) is 0. The minimum absolute atomic E-state index is 0.0371. The molecule has 7 heteroatoms. The first kappa shape index (κ1) is 17.9. The Labute approximate surface area is 138 Å². The highest BCUT2D eigenvalue weighted by Crippen LogP contribution is 2.17. The Kier molecular flexibility index (Phi) is 5.78. The van der Waals surface area contributed by atoms with Crippen LogP contribution in [0.4, 0.5) is 0 Å². The molecular weight excluding hydrogens is 314 g/mol. The number of rotatable bonds is 5. The van der Waals surface area contributed by atoms with E-state index in [1.54, 1.807) is 12.1 Å². The highest BCUT2D eigenvalue weighted by Gasteiger charge is 2.23. The fraction of sp³-hybridized carbons (Fsp3) is 0.562. The van der Waals surface area contributed by atoms with Gasteiger partial charge in [-0.2, -0.15) is 4.31 Å². The van der Waals surface area contributed by atoms with Gasteiger partial charge in [0.2, 0.25) is 10.0 Å². The molecule has 1 aliphatic rings. The van der Waals surface area contributed by atoms with Crippen LogP contribution in [0.2, 0.25) is 0 Å². The summed E-state index contributed by atoms with van der Waals surface area (Å²) in [5.74, 6) is -0.0371. The Hall–Kier alpha value is -1.44. The monoisotopic (exact) mass is 339 g/mol. The van der Waals surface area contributed by atoms with Gasteiger partial charge in [0.15, 0.2) is 0 Å². The molecular formula is C16H25N3O3S. The fourth-order valence-corrected chi connectivity index (χ4v) is 4.13. The van der Waals surface area contributed by atoms with Crippen molar-refractivity contribution in [1.29, 1.82) is 0 Å². The highest BCUT2D eigenvalue weighted by molar-refractivity contribution is 7.89. The van der Waals surface area contributed by atoms with E-state index >= 15 is 0 Å². The van der Waals surface area contributed by atoms with Crippen LogP contribution in [-0.2, 0) is 10.0 Å². The number of piperazine rings is 1. The van der Waals surface area contributed by atoms with Crippen molar-refractivity contribution in [3.63, 3.8) is 0 Å². The maximum atomic E-state index is 12.5. The second-order valence-electron chi connectivity index (χ2n) is 5.71. The van der Waals surface area contributed by atoms with Crippen molar-refractivity contribution >= 4 is 15.9 Å². The first-order valence-corrected chi connectivity index (χ1v) is 9.42. The quantitative estimate of drug-likeness (QED) is 0.806. The van der Waals surface area contributed by atoms with Crippen LogP contribution >= 0.6 is 0 Å². The molecule has 0 saturated carbocycles. The number of carbonyl (C=O) groups excluding carboxylic acids is 1. The van der Waals surface area contributed by atoms with E-state index in [-0.39, 0.29) is 10.8 Å². The molecule has 2 rings (SSSR count). The van der Waals surface area contributed by atoms with Crippen molar-refractivity contribution in [2.24, 2.45) is 0 Å². The average molecular weight is 339 g/mol. The molecule has 0 aromatic heterocycles. The van der Waals surface area contributed by atoms with Crippen LogP contribution in [0.15, 0.2) is 29.2 Å². The molecule has 0 spiro atoms. The topological polar surface area (TPSA) is 60.9 Å². The van der Waals surface area contributed by atoms with E-state index < -0.39 is 10.0 Å². The van der Waals surface area contributed by atoms with Gasteiger partial charge in [-0.3, -0.25) is 4.79 Å². The van der Waals surface area contributed by atoms with Crippen molar-refractivity contribution in [2.75, 3.05) is 46.3 Å². The molecule has 0 aliphatic carbocycles. The number of benzene rings is 1. The Morgan fingerprint density at radius 3 is 2.04 bits per heavy atom. The van der Waals surface area contributed by atoms with Gasteiger partial charge in [-0.05, 0) is 31.3 Å². The maximum Gasteiger partial charge on any atom is 0.253 e. The lowest BCUT2D eigenvalue weighted by Gasteiger charge is -2.32. The molecule has 1 saturated heterocycles. The maximum absolute atomic E-state index is 12.5. The predicted octanol–water partition coefficient (Wildman–Crippen LogP) is 1.10. The second kappa shape index (κ2) is 7.42. The molecule has 0 bridgehead atoms. The minimum Gasteiger partial charge on any atom is -0.336 e. The fourth-order valence-electron chi connectivity index (χ4n) is 2.67. The van der Waals surface area contributed by atoms with Gasteiger partial charge >= 0.3 is 0 Å². The second-order valence-corrected chi connectivity index (χ2v) is 7.65. The summed E-state index contributed by atoms with van der Waals surface area (Å²) < 4.78 is 26.3. The summed E-state index contributed by atoms with van der Waals surface area (Å²) >= 11 is 0. The Morgan fingerprint density at radius 1 is 1.04 bits per heavy atom. The third-order valence-electron chi connectivity index (χ3n) is 4.23. The van der Waals surface area contributed by atoms with Crippen LogP contribution in [0.1, 0.15) is 24.2 Å². The van der Waals surface area contributed by atoms with E-state index in [1.165, 1.54) is 16.4 Å². The zero-order chi connectivity index (χ0) is 17.0. The smallest absolute Gasteiger partial charge is 0.253 e. The predicted molar refractivity (Wildman–Crippen MR) is 89.9 cm³/mol. The van der Waals surface area contributed by atoms with E-state index in [9.17, 15) is 13.2 Å². The number of carbonyl (C=O) groups is 1. The van der Waals surface area contributed by atoms with Gasteiger partial charge < -0.3 is 9.80 Å². The van der Waals surface area contributed by atoms with Gasteiger partial charge in [-0.15, -0.1) is 0 Å². The van der Waals surface area contributed by atoms with E-state index in [1.807, 2.05) is 25.8 Å². The zero-order valence-corrected chi connectivity index (χ0v) is 14.8. The number of nitrogens with zero attached hydrogens (tertiary/aromatic N) is 3. The van der Waals surface area contributed by atoms with Gasteiger partial charge in [-0.1, -0.05) is 13.8 Å². The molecule has 128 valence electrons. The molecule has 0 radical (unpaired) electrons. The summed E-state index contributed by atoms with van der Waals surface area (Å²) in [5.41, 5.74) is 0.535. The van der Waals surface area contributed by atoms with Crippen molar-refractivity contribution in [3.8, 4) is 0 Å². The van der Waals surface area contributed by atoms with E-state index in [0.717, 1.165) is 13.1 Å². The molecule has 1 aliphatic heterocycles. The summed E-state index contributed by atoms with van der Waals surface area (Å²) in [6.07, 6.45) is 0. The van der Waals surface area contributed by atoms with E-state index in [4.69, 9.17) is 0 Å². The summed E-state index contributed by atoms with van der Waals surface area (Å²) in [7, 11) is -1.44. The minimum atomic E-state index is -3.47. The summed E-state index contributed by atoms with van der Waals surface area (Å²) in [6.45, 7) is 7.62. The SMILES string of the molecule is CCN(CC)S(=O)(=O)c1ccc(C(=O)N2CCN(C)CC2)cc1. The number of likely N-dealkylation sites (N-methyl/N-ethyl adjacent to an activating group) is 1. The average Bonchev–Trinajstić information content (AvgIpc) is 2.56. The summed E-state index contributed by atoms with van der Waals surface area (Å²) in [4.78, 5) is 16.7. The van der Waals surface area contributed by atoms with Gasteiger partial charge in [-0.25, -0.2) is 8.42 Å². The van der Waals surface area contributed by atoms with Crippen LogP contribution in [0.25, 0.3) is 0 Å². The Morgan fingerprint density at radius 2 is 1.57 bits per heavy atom. The van der Waals surface area contributed by atoms with Crippen molar-refractivity contribution in [2.45, 2.75) is 18.7 Å². The summed E-state index contributed by atoms with van der Waals surface area (Å²) in [6, 6.07) is 6.27. The van der Waals surface area contributed by atoms with Crippen LogP contribution in [-0.4, -0.2) is 74.7 Å². The van der Waals surface area contributed by atoms with Crippen molar-refractivity contribution < 1.29 is 13.2 Å². The zero-order valence-electron chi connectivity index (χ0n) is 14.0. The van der Waals surface area contributed by atoms with E-state index in [2.05, 4.69) is 4.90 Å². The van der Waals surface area contributed by atoms with Crippen LogP contribution in [0, 0.1) is 0 Å². The number of hydrogen-bond donors (Lipinski definition) is 0. The van der Waals surface area contributed by atoms with Gasteiger partial charge in [0.25, 0.3) is 5.91 Å².